The van der Waals surface area contributed by atoms with Crippen molar-refractivity contribution in [2.45, 2.75) is 50.7 Å². The van der Waals surface area contributed by atoms with Crippen LogP contribution in [0.1, 0.15) is 38.7 Å². The van der Waals surface area contributed by atoms with Gasteiger partial charge < -0.3 is 14.4 Å². The van der Waals surface area contributed by atoms with Crippen molar-refractivity contribution in [3.05, 3.63) is 29.6 Å². The Kier molecular flexibility index (Phi) is 6.83. The predicted octanol–water partition coefficient (Wildman–Crippen LogP) is 3.64. The van der Waals surface area contributed by atoms with E-state index in [-0.39, 0.29) is 23.7 Å². The summed E-state index contributed by atoms with van der Waals surface area (Å²) in [6.45, 7) is 6.08. The Morgan fingerprint density at radius 1 is 1.28 bits per heavy atom. The highest BCUT2D eigenvalue weighted by atomic mass is 32.2. The maximum atomic E-state index is 13.9. The zero-order valence-electron chi connectivity index (χ0n) is 17.3. The molecular weight excluding hydrogens is 397 g/mol. The summed E-state index contributed by atoms with van der Waals surface area (Å²) in [6, 6.07) is 4.11. The van der Waals surface area contributed by atoms with Crippen molar-refractivity contribution in [2.75, 3.05) is 26.0 Å². The van der Waals surface area contributed by atoms with Crippen molar-refractivity contribution in [3.8, 4) is 0 Å². The molecule has 6 nitrogen and oxygen atoms in total. The minimum absolute atomic E-state index is 0.0961. The largest absolute Gasteiger partial charge is 0.447 e. The summed E-state index contributed by atoms with van der Waals surface area (Å²) in [5.74, 6) is 1.01. The number of sulfone groups is 1. The molecule has 162 valence electrons. The fraction of sp³-hybridized carbons (Fsp3) is 0.667. The van der Waals surface area contributed by atoms with Crippen LogP contribution in [0, 0.1) is 23.6 Å². The molecule has 0 spiro atoms. The lowest BCUT2D eigenvalue weighted by Crippen LogP contribution is -2.40. The van der Waals surface area contributed by atoms with Crippen LogP contribution in [0.25, 0.3) is 0 Å². The molecule has 1 aromatic rings. The van der Waals surface area contributed by atoms with Crippen molar-refractivity contribution in [2.24, 2.45) is 17.8 Å². The van der Waals surface area contributed by atoms with Crippen molar-refractivity contribution in [1.82, 2.24) is 4.90 Å². The van der Waals surface area contributed by atoms with E-state index in [1.807, 2.05) is 13.8 Å². The van der Waals surface area contributed by atoms with Crippen molar-refractivity contribution < 1.29 is 27.1 Å². The lowest BCUT2D eigenvalue weighted by atomic mass is 9.91. The molecule has 1 aromatic carbocycles. The van der Waals surface area contributed by atoms with Gasteiger partial charge in [-0.3, -0.25) is 0 Å². The average Bonchev–Trinajstić information content (AvgIpc) is 3.40. The van der Waals surface area contributed by atoms with Crippen molar-refractivity contribution in [3.63, 3.8) is 0 Å². The van der Waals surface area contributed by atoms with Crippen LogP contribution in [0.5, 0.6) is 0 Å². The number of benzene rings is 1. The standard InChI is InChI=1S/C21H30FNO5S/c1-14(2)28-21(24)23-8-6-16(7-9-23)18-11-17(18)13-27-12-15-4-5-20(19(22)10-15)29(3,25)26/h4-5,10,14,16-18H,6-9,11-13H2,1-3H3. The number of hydrogen-bond donors (Lipinski definition) is 0. The number of nitrogens with zero attached hydrogens (tertiary/aromatic N) is 1. The summed E-state index contributed by atoms with van der Waals surface area (Å²) in [6.07, 6.45) is 3.79. The van der Waals surface area contributed by atoms with E-state index in [0.717, 1.165) is 38.6 Å². The van der Waals surface area contributed by atoms with E-state index in [2.05, 4.69) is 0 Å². The number of halogens is 1. The van der Waals surface area contributed by atoms with Crippen LogP contribution in [0.15, 0.2) is 23.1 Å². The topological polar surface area (TPSA) is 72.9 Å². The summed E-state index contributed by atoms with van der Waals surface area (Å²) >= 11 is 0. The zero-order valence-corrected chi connectivity index (χ0v) is 18.1. The highest BCUT2D eigenvalue weighted by molar-refractivity contribution is 7.90. The summed E-state index contributed by atoms with van der Waals surface area (Å²) in [5.41, 5.74) is 0.629. The SMILES string of the molecule is CC(C)OC(=O)N1CCC(C2CC2COCc2ccc(S(C)(=O)=O)c(F)c2)CC1. The molecule has 0 bridgehead atoms. The van der Waals surface area contributed by atoms with Gasteiger partial charge in [-0.05, 0) is 68.6 Å². The molecule has 0 N–H and O–H groups in total. The fourth-order valence-corrected chi connectivity index (χ4v) is 4.82. The molecule has 0 aromatic heterocycles. The van der Waals surface area contributed by atoms with Crippen LogP contribution in [0.3, 0.4) is 0 Å². The van der Waals surface area contributed by atoms with E-state index in [4.69, 9.17) is 9.47 Å². The Hall–Kier alpha value is -1.67. The summed E-state index contributed by atoms with van der Waals surface area (Å²) in [5, 5.41) is 0. The summed E-state index contributed by atoms with van der Waals surface area (Å²) in [7, 11) is -3.56. The van der Waals surface area contributed by atoms with Gasteiger partial charge in [0.25, 0.3) is 0 Å². The monoisotopic (exact) mass is 427 g/mol. The van der Waals surface area contributed by atoms with E-state index in [1.165, 1.54) is 12.1 Å². The van der Waals surface area contributed by atoms with Crippen LogP contribution < -0.4 is 0 Å². The Balaban J connectivity index is 1.38. The molecule has 1 aliphatic heterocycles. The van der Waals surface area contributed by atoms with Gasteiger partial charge in [0, 0.05) is 19.3 Å². The van der Waals surface area contributed by atoms with E-state index in [1.54, 1.807) is 11.0 Å². The zero-order chi connectivity index (χ0) is 21.2. The Morgan fingerprint density at radius 2 is 1.97 bits per heavy atom. The molecule has 1 saturated heterocycles. The van der Waals surface area contributed by atoms with Gasteiger partial charge in [0.1, 0.15) is 10.7 Å². The third kappa shape index (κ3) is 5.92. The highest BCUT2D eigenvalue weighted by Crippen LogP contribution is 2.48. The molecule has 0 radical (unpaired) electrons. The van der Waals surface area contributed by atoms with Crippen molar-refractivity contribution in [1.29, 1.82) is 0 Å². The molecule has 1 saturated carbocycles. The lowest BCUT2D eigenvalue weighted by Gasteiger charge is -2.32. The summed E-state index contributed by atoms with van der Waals surface area (Å²) < 4.78 is 47.9. The number of rotatable bonds is 7. The molecule has 1 aliphatic carbocycles. The van der Waals surface area contributed by atoms with E-state index < -0.39 is 15.7 Å². The van der Waals surface area contributed by atoms with E-state index >= 15 is 0 Å². The van der Waals surface area contributed by atoms with E-state index in [9.17, 15) is 17.6 Å². The van der Waals surface area contributed by atoms with Crippen LogP contribution in [-0.4, -0.2) is 51.5 Å². The minimum atomic E-state index is -3.56. The smallest absolute Gasteiger partial charge is 0.410 e. The van der Waals surface area contributed by atoms with Crippen LogP contribution in [0.2, 0.25) is 0 Å². The van der Waals surface area contributed by atoms with Crippen LogP contribution in [-0.2, 0) is 25.9 Å². The molecule has 2 fully saturated rings. The second-order valence-corrected chi connectivity index (χ2v) is 10.5. The van der Waals surface area contributed by atoms with Crippen LogP contribution in [0.4, 0.5) is 9.18 Å². The molecule has 29 heavy (non-hydrogen) atoms. The third-order valence-corrected chi connectivity index (χ3v) is 6.84. The molecule has 2 atom stereocenters. The number of carbonyl (C=O) groups is 1. The molecule has 1 heterocycles. The number of likely N-dealkylation sites (tertiary alicyclic amines) is 1. The van der Waals surface area contributed by atoms with E-state index in [0.29, 0.717) is 29.9 Å². The van der Waals surface area contributed by atoms with Gasteiger partial charge in [-0.15, -0.1) is 0 Å². The maximum Gasteiger partial charge on any atom is 0.410 e. The summed E-state index contributed by atoms with van der Waals surface area (Å²) in [4.78, 5) is 13.5. The second kappa shape index (κ2) is 9.00. The third-order valence-electron chi connectivity index (χ3n) is 5.71. The number of hydrogen-bond acceptors (Lipinski definition) is 5. The molecule has 8 heteroatoms. The first-order valence-electron chi connectivity index (χ1n) is 10.2. The average molecular weight is 428 g/mol. The van der Waals surface area contributed by atoms with Gasteiger partial charge in [0.05, 0.1) is 19.3 Å². The first-order valence-corrected chi connectivity index (χ1v) is 12.1. The van der Waals surface area contributed by atoms with Gasteiger partial charge in [0.2, 0.25) is 0 Å². The number of amides is 1. The minimum Gasteiger partial charge on any atom is -0.447 e. The van der Waals surface area contributed by atoms with Crippen LogP contribution >= 0.6 is 0 Å². The van der Waals surface area contributed by atoms with Gasteiger partial charge in [-0.25, -0.2) is 17.6 Å². The normalized spacial score (nSPS) is 22.7. The number of ether oxygens (including phenoxy) is 2. The molecule has 2 unspecified atom stereocenters. The quantitative estimate of drug-likeness (QED) is 0.664. The Bertz CT molecular complexity index is 833. The maximum absolute atomic E-state index is 13.9. The van der Waals surface area contributed by atoms with Gasteiger partial charge in [-0.1, -0.05) is 6.07 Å². The number of carbonyl (C=O) groups excluding carboxylic acids is 1. The first-order chi connectivity index (χ1) is 13.6. The van der Waals surface area contributed by atoms with Gasteiger partial charge in [0.15, 0.2) is 9.84 Å². The fourth-order valence-electron chi connectivity index (χ4n) is 4.09. The molecule has 1 amide bonds. The Morgan fingerprint density at radius 3 is 2.55 bits per heavy atom. The second-order valence-electron chi connectivity index (χ2n) is 8.47. The first kappa shape index (κ1) is 22.0. The molecule has 2 aliphatic rings. The Labute approximate surface area is 172 Å². The predicted molar refractivity (Wildman–Crippen MR) is 107 cm³/mol. The van der Waals surface area contributed by atoms with Gasteiger partial charge >= 0.3 is 6.09 Å². The molecular formula is C21H30FNO5S. The molecule has 3 rings (SSSR count). The number of piperidine rings is 1. The highest BCUT2D eigenvalue weighted by Gasteiger charge is 2.44. The van der Waals surface area contributed by atoms with Crippen molar-refractivity contribution >= 4 is 15.9 Å². The lowest BCUT2D eigenvalue weighted by molar-refractivity contribution is 0.0615. The van der Waals surface area contributed by atoms with Gasteiger partial charge in [-0.2, -0.15) is 0 Å².